The van der Waals surface area contributed by atoms with Gasteiger partial charge in [0, 0.05) is 32.1 Å². The molecule has 1 atom stereocenters. The summed E-state index contributed by atoms with van der Waals surface area (Å²) in [5, 5.41) is 6.43. The van der Waals surface area contributed by atoms with Crippen molar-refractivity contribution in [2.45, 2.75) is 36.7 Å². The van der Waals surface area contributed by atoms with E-state index in [0.717, 1.165) is 0 Å². The predicted octanol–water partition coefficient (Wildman–Crippen LogP) is 0.606. The summed E-state index contributed by atoms with van der Waals surface area (Å²) in [4.78, 5) is 11.9. The number of benzene rings is 1. The van der Waals surface area contributed by atoms with Crippen LogP contribution in [0.1, 0.15) is 18.7 Å². The molecule has 3 rings (SSSR count). The lowest BCUT2D eigenvalue weighted by Crippen LogP contribution is -2.37. The van der Waals surface area contributed by atoms with Gasteiger partial charge in [0.05, 0.1) is 12.0 Å². The van der Waals surface area contributed by atoms with E-state index in [2.05, 4.69) is 10.2 Å². The minimum atomic E-state index is -3.63. The quantitative estimate of drug-likeness (QED) is 0.869. The lowest BCUT2D eigenvalue weighted by molar-refractivity contribution is 0.329. The van der Waals surface area contributed by atoms with Gasteiger partial charge < -0.3 is 4.74 Å². The minimum Gasteiger partial charge on any atom is -0.497 e. The number of H-pyrrole nitrogens is 1. The average molecular weight is 352 g/mol. The Kier molecular flexibility index (Phi) is 4.46. The first kappa shape index (κ1) is 16.7. The van der Waals surface area contributed by atoms with Gasteiger partial charge in [0.1, 0.15) is 11.6 Å². The van der Waals surface area contributed by atoms with E-state index >= 15 is 0 Å². The monoisotopic (exact) mass is 352 g/mol. The lowest BCUT2D eigenvalue weighted by atomic mass is 10.1. The van der Waals surface area contributed by atoms with E-state index in [9.17, 15) is 13.2 Å². The molecule has 2 aromatic rings. The molecule has 1 unspecified atom stereocenters. The molecule has 1 aromatic heterocycles. The van der Waals surface area contributed by atoms with Crippen molar-refractivity contribution < 1.29 is 13.2 Å². The number of hydrogen-bond acceptors (Lipinski definition) is 5. The van der Waals surface area contributed by atoms with Gasteiger partial charge in [0.2, 0.25) is 10.0 Å². The van der Waals surface area contributed by atoms with Crippen molar-refractivity contribution in [1.82, 2.24) is 19.1 Å². The van der Waals surface area contributed by atoms with E-state index < -0.39 is 10.0 Å². The van der Waals surface area contributed by atoms with Crippen LogP contribution in [0.4, 0.5) is 0 Å². The normalized spacial score (nSPS) is 18.2. The van der Waals surface area contributed by atoms with E-state index in [1.54, 1.807) is 29.8 Å². The molecule has 8 nitrogen and oxygen atoms in total. The fourth-order valence-electron chi connectivity index (χ4n) is 2.98. The Morgan fingerprint density at radius 1 is 1.38 bits per heavy atom. The van der Waals surface area contributed by atoms with Crippen molar-refractivity contribution in [2.24, 2.45) is 0 Å². The summed E-state index contributed by atoms with van der Waals surface area (Å²) >= 11 is 0. The molecule has 0 aliphatic carbocycles. The second-order valence-electron chi connectivity index (χ2n) is 5.78. The third-order valence-electron chi connectivity index (χ3n) is 4.46. The standard InChI is InChI=1S/C15H20N4O4S/c1-18(24(21,22)13-5-3-4-12(10-13)23-2)11-6-7-14-16-17-15(20)19(14)9-8-11/h3-5,10-11H,6-9H2,1-2H3,(H,17,20). The number of methoxy groups -OCH3 is 1. The highest BCUT2D eigenvalue weighted by atomic mass is 32.2. The predicted molar refractivity (Wildman–Crippen MR) is 87.5 cm³/mol. The van der Waals surface area contributed by atoms with Crippen molar-refractivity contribution >= 4 is 10.0 Å². The van der Waals surface area contributed by atoms with Crippen LogP contribution in [0, 0.1) is 0 Å². The SMILES string of the molecule is COc1cccc(S(=O)(=O)N(C)C2CCc3n[nH]c(=O)n3CC2)c1. The number of hydrogen-bond donors (Lipinski definition) is 1. The van der Waals surface area contributed by atoms with Crippen LogP contribution in [-0.4, -0.2) is 47.7 Å². The smallest absolute Gasteiger partial charge is 0.343 e. The highest BCUT2D eigenvalue weighted by Gasteiger charge is 2.30. The van der Waals surface area contributed by atoms with Gasteiger partial charge in [-0.3, -0.25) is 4.57 Å². The van der Waals surface area contributed by atoms with Gasteiger partial charge in [0.15, 0.2) is 0 Å². The molecule has 0 spiro atoms. The Balaban J connectivity index is 1.83. The molecule has 0 saturated carbocycles. The number of ether oxygens (including phenoxy) is 1. The molecule has 1 aromatic carbocycles. The number of aromatic nitrogens is 3. The van der Waals surface area contributed by atoms with Crippen molar-refractivity contribution in [3.05, 3.63) is 40.6 Å². The Morgan fingerprint density at radius 2 is 2.17 bits per heavy atom. The summed E-state index contributed by atoms with van der Waals surface area (Å²) in [5.41, 5.74) is -0.246. The van der Waals surface area contributed by atoms with Gasteiger partial charge in [-0.05, 0) is 25.0 Å². The average Bonchev–Trinajstić information content (AvgIpc) is 2.82. The zero-order chi connectivity index (χ0) is 17.3. The lowest BCUT2D eigenvalue weighted by Gasteiger charge is -2.26. The highest BCUT2D eigenvalue weighted by molar-refractivity contribution is 7.89. The largest absolute Gasteiger partial charge is 0.497 e. The Morgan fingerprint density at radius 3 is 2.92 bits per heavy atom. The number of fused-ring (bicyclic) bond motifs is 1. The van der Waals surface area contributed by atoms with Crippen LogP contribution in [0.25, 0.3) is 0 Å². The Bertz CT molecular complexity index is 887. The van der Waals surface area contributed by atoms with Crippen LogP contribution < -0.4 is 10.4 Å². The molecule has 0 radical (unpaired) electrons. The van der Waals surface area contributed by atoms with Crippen LogP contribution >= 0.6 is 0 Å². The number of aryl methyl sites for hydroxylation is 1. The van der Waals surface area contributed by atoms with Crippen molar-refractivity contribution in [1.29, 1.82) is 0 Å². The summed E-state index contributed by atoms with van der Waals surface area (Å²) in [5.74, 6) is 1.17. The first-order valence-electron chi connectivity index (χ1n) is 7.69. The number of nitrogens with zero attached hydrogens (tertiary/aromatic N) is 3. The second kappa shape index (κ2) is 6.40. The molecule has 24 heavy (non-hydrogen) atoms. The van der Waals surface area contributed by atoms with Gasteiger partial charge in [0.25, 0.3) is 0 Å². The first-order chi connectivity index (χ1) is 11.4. The van der Waals surface area contributed by atoms with Gasteiger partial charge in [-0.1, -0.05) is 6.07 Å². The summed E-state index contributed by atoms with van der Waals surface area (Å²) in [6, 6.07) is 6.24. The first-order valence-corrected chi connectivity index (χ1v) is 9.13. The molecule has 1 N–H and O–H groups in total. The van der Waals surface area contributed by atoms with Crippen LogP contribution in [0.3, 0.4) is 0 Å². The van der Waals surface area contributed by atoms with Gasteiger partial charge >= 0.3 is 5.69 Å². The van der Waals surface area contributed by atoms with E-state index in [1.807, 2.05) is 0 Å². The maximum absolute atomic E-state index is 12.9. The number of nitrogens with one attached hydrogen (secondary N) is 1. The Hall–Kier alpha value is -2.13. The molecule has 2 heterocycles. The zero-order valence-corrected chi connectivity index (χ0v) is 14.4. The van der Waals surface area contributed by atoms with Crippen LogP contribution in [0.15, 0.2) is 34.0 Å². The van der Waals surface area contributed by atoms with Crippen molar-refractivity contribution in [3.8, 4) is 5.75 Å². The topological polar surface area (TPSA) is 97.3 Å². The molecular formula is C15H20N4O4S. The number of aromatic amines is 1. The summed E-state index contributed by atoms with van der Waals surface area (Å²) in [7, 11) is -0.549. The summed E-state index contributed by atoms with van der Waals surface area (Å²) in [6.45, 7) is 0.452. The van der Waals surface area contributed by atoms with E-state index in [1.165, 1.54) is 17.5 Å². The van der Waals surface area contributed by atoms with Crippen molar-refractivity contribution in [2.75, 3.05) is 14.2 Å². The van der Waals surface area contributed by atoms with Crippen LogP contribution in [0.5, 0.6) is 5.75 Å². The molecule has 130 valence electrons. The maximum Gasteiger partial charge on any atom is 0.343 e. The van der Waals surface area contributed by atoms with E-state index in [-0.39, 0.29) is 16.6 Å². The molecule has 1 aliphatic heterocycles. The second-order valence-corrected chi connectivity index (χ2v) is 7.78. The molecular weight excluding hydrogens is 332 g/mol. The third kappa shape index (κ3) is 2.96. The summed E-state index contributed by atoms with van der Waals surface area (Å²) < 4.78 is 33.8. The van der Waals surface area contributed by atoms with E-state index in [4.69, 9.17) is 4.74 Å². The minimum absolute atomic E-state index is 0.192. The fourth-order valence-corrected chi connectivity index (χ4v) is 4.43. The molecule has 0 amide bonds. The van der Waals surface area contributed by atoms with Gasteiger partial charge in [-0.15, -0.1) is 0 Å². The molecule has 0 fully saturated rings. The van der Waals surface area contributed by atoms with Gasteiger partial charge in [-0.25, -0.2) is 18.3 Å². The number of sulfonamides is 1. The molecule has 9 heteroatoms. The van der Waals surface area contributed by atoms with Crippen LogP contribution in [0.2, 0.25) is 0 Å². The zero-order valence-electron chi connectivity index (χ0n) is 13.6. The fraction of sp³-hybridized carbons (Fsp3) is 0.467. The molecule has 1 aliphatic rings. The van der Waals surface area contributed by atoms with Gasteiger partial charge in [-0.2, -0.15) is 9.40 Å². The molecule has 0 bridgehead atoms. The molecule has 0 saturated heterocycles. The summed E-state index contributed by atoms with van der Waals surface area (Å²) in [6.07, 6.45) is 1.73. The van der Waals surface area contributed by atoms with Crippen molar-refractivity contribution in [3.63, 3.8) is 0 Å². The Labute approximate surface area is 140 Å². The highest BCUT2D eigenvalue weighted by Crippen LogP contribution is 2.25. The third-order valence-corrected chi connectivity index (χ3v) is 6.36. The maximum atomic E-state index is 12.9. The number of rotatable bonds is 4. The van der Waals surface area contributed by atoms with E-state index in [0.29, 0.717) is 37.4 Å². The van der Waals surface area contributed by atoms with Crippen LogP contribution in [-0.2, 0) is 23.0 Å².